The summed E-state index contributed by atoms with van der Waals surface area (Å²) in [6, 6.07) is 5.55. The van der Waals surface area contributed by atoms with E-state index in [-0.39, 0.29) is 41.3 Å². The number of ether oxygens (including phenoxy) is 1. The lowest BCUT2D eigenvalue weighted by Gasteiger charge is -2.43. The second kappa shape index (κ2) is 9.48. The van der Waals surface area contributed by atoms with Crippen molar-refractivity contribution >= 4 is 17.7 Å². The molecule has 2 unspecified atom stereocenters. The maximum atomic E-state index is 14.3. The van der Waals surface area contributed by atoms with Gasteiger partial charge in [0.15, 0.2) is 0 Å². The van der Waals surface area contributed by atoms with E-state index in [1.165, 1.54) is 12.5 Å². The third-order valence-corrected chi connectivity index (χ3v) is 8.31. The van der Waals surface area contributed by atoms with Crippen molar-refractivity contribution in [2.24, 2.45) is 5.92 Å². The number of piperidine rings is 1. The molecule has 1 aromatic rings. The van der Waals surface area contributed by atoms with Gasteiger partial charge in [0, 0.05) is 35.6 Å². The molecular formula is C27H38FN3O3. The Morgan fingerprint density at radius 3 is 2.56 bits per heavy atom. The molecule has 1 spiro atoms. The van der Waals surface area contributed by atoms with Crippen molar-refractivity contribution in [2.45, 2.75) is 95.2 Å². The Morgan fingerprint density at radius 2 is 1.85 bits per heavy atom. The van der Waals surface area contributed by atoms with Crippen molar-refractivity contribution < 1.29 is 18.7 Å². The van der Waals surface area contributed by atoms with E-state index in [0.717, 1.165) is 75.7 Å². The van der Waals surface area contributed by atoms with Crippen LogP contribution in [0.4, 0.5) is 14.9 Å². The minimum atomic E-state index is -0.316. The summed E-state index contributed by atoms with van der Waals surface area (Å²) in [4.78, 5) is 29.7. The van der Waals surface area contributed by atoms with Crippen molar-refractivity contribution in [3.8, 4) is 0 Å². The third-order valence-electron chi connectivity index (χ3n) is 8.31. The minimum absolute atomic E-state index is 0.120. The zero-order valence-electron chi connectivity index (χ0n) is 20.5. The van der Waals surface area contributed by atoms with Crippen LogP contribution in [0.25, 0.3) is 0 Å². The fraction of sp³-hybridized carbons (Fsp3) is 0.704. The van der Waals surface area contributed by atoms with Gasteiger partial charge in [0.05, 0.1) is 6.10 Å². The van der Waals surface area contributed by atoms with Crippen molar-refractivity contribution in [3.63, 3.8) is 0 Å². The van der Waals surface area contributed by atoms with Gasteiger partial charge in [-0.15, -0.1) is 0 Å². The van der Waals surface area contributed by atoms with Gasteiger partial charge >= 0.3 is 6.09 Å². The van der Waals surface area contributed by atoms with Crippen LogP contribution in [0.1, 0.15) is 77.2 Å². The fourth-order valence-electron chi connectivity index (χ4n) is 6.35. The molecule has 2 aliphatic heterocycles. The second-order valence-electron chi connectivity index (χ2n) is 11.1. The summed E-state index contributed by atoms with van der Waals surface area (Å²) < 4.78 is 19.6. The van der Waals surface area contributed by atoms with E-state index in [2.05, 4.69) is 10.2 Å². The zero-order valence-corrected chi connectivity index (χ0v) is 20.5. The number of hydrogen-bond donors (Lipinski definition) is 1. The summed E-state index contributed by atoms with van der Waals surface area (Å²) in [5, 5.41) is 3.09. The molecule has 2 saturated carbocycles. The predicted octanol–water partition coefficient (Wildman–Crippen LogP) is 4.75. The number of amides is 2. The number of halogens is 1. The van der Waals surface area contributed by atoms with Crippen LogP contribution < -0.4 is 10.2 Å². The summed E-state index contributed by atoms with van der Waals surface area (Å²) in [6.45, 7) is 6.30. The molecule has 5 rings (SSSR count). The number of rotatable bonds is 4. The van der Waals surface area contributed by atoms with Gasteiger partial charge in [-0.2, -0.15) is 0 Å². The van der Waals surface area contributed by atoms with E-state index in [1.54, 1.807) is 6.07 Å². The SMILES string of the molecule is CC(C)OC(=O)NC1CCCCC(N2CCC3(CC2)CN(C(=O)C2CC2)c2ccc(F)cc23)C1. The Labute approximate surface area is 202 Å². The molecule has 1 saturated heterocycles. The van der Waals surface area contributed by atoms with Crippen LogP contribution in [-0.4, -0.2) is 54.7 Å². The molecule has 7 heteroatoms. The Kier molecular flexibility index (Phi) is 6.58. The number of likely N-dealkylation sites (tertiary alicyclic amines) is 1. The van der Waals surface area contributed by atoms with Crippen LogP contribution in [-0.2, 0) is 14.9 Å². The molecule has 2 atom stereocenters. The third kappa shape index (κ3) is 4.81. The molecular weight excluding hydrogens is 433 g/mol. The summed E-state index contributed by atoms with van der Waals surface area (Å²) >= 11 is 0. The summed E-state index contributed by atoms with van der Waals surface area (Å²) in [5.74, 6) is 0.163. The molecule has 4 aliphatic rings. The number of nitrogens with one attached hydrogen (secondary N) is 1. The lowest BCUT2D eigenvalue weighted by Crippen LogP contribution is -2.50. The van der Waals surface area contributed by atoms with Gasteiger partial charge in [0.1, 0.15) is 5.82 Å². The van der Waals surface area contributed by atoms with Gasteiger partial charge in [-0.3, -0.25) is 4.79 Å². The highest BCUT2D eigenvalue weighted by atomic mass is 19.1. The predicted molar refractivity (Wildman–Crippen MR) is 129 cm³/mol. The molecule has 34 heavy (non-hydrogen) atoms. The Hall–Kier alpha value is -2.15. The van der Waals surface area contributed by atoms with E-state index in [9.17, 15) is 14.0 Å². The first kappa shape index (κ1) is 23.6. The number of anilines is 1. The average molecular weight is 472 g/mol. The molecule has 1 aromatic carbocycles. The van der Waals surface area contributed by atoms with Gasteiger partial charge in [-0.1, -0.05) is 12.8 Å². The Morgan fingerprint density at radius 1 is 1.12 bits per heavy atom. The van der Waals surface area contributed by atoms with Gasteiger partial charge in [-0.25, -0.2) is 9.18 Å². The normalized spacial score (nSPS) is 26.9. The molecule has 186 valence electrons. The fourth-order valence-corrected chi connectivity index (χ4v) is 6.35. The highest BCUT2D eigenvalue weighted by Crippen LogP contribution is 2.49. The topological polar surface area (TPSA) is 61.9 Å². The summed E-state index contributed by atoms with van der Waals surface area (Å²) in [7, 11) is 0. The maximum Gasteiger partial charge on any atom is 0.407 e. The quantitative estimate of drug-likeness (QED) is 0.644. The van der Waals surface area contributed by atoms with Crippen LogP contribution >= 0.6 is 0 Å². The highest BCUT2D eigenvalue weighted by molar-refractivity contribution is 5.99. The molecule has 0 aromatic heterocycles. The molecule has 0 bridgehead atoms. The minimum Gasteiger partial charge on any atom is -0.447 e. The number of benzene rings is 1. The lowest BCUT2D eigenvalue weighted by atomic mass is 9.74. The number of hydrogen-bond acceptors (Lipinski definition) is 4. The number of carbonyl (C=O) groups excluding carboxylic acids is 2. The van der Waals surface area contributed by atoms with Crippen molar-refractivity contribution in [3.05, 3.63) is 29.6 Å². The largest absolute Gasteiger partial charge is 0.447 e. The molecule has 2 amide bonds. The van der Waals surface area contributed by atoms with Crippen molar-refractivity contribution in [1.82, 2.24) is 10.2 Å². The van der Waals surface area contributed by atoms with Crippen LogP contribution in [0.5, 0.6) is 0 Å². The molecule has 2 aliphatic carbocycles. The van der Waals surface area contributed by atoms with E-state index >= 15 is 0 Å². The monoisotopic (exact) mass is 471 g/mol. The van der Waals surface area contributed by atoms with E-state index in [4.69, 9.17) is 4.74 Å². The van der Waals surface area contributed by atoms with E-state index in [1.807, 2.05) is 24.8 Å². The number of carbonyl (C=O) groups is 2. The molecule has 6 nitrogen and oxygen atoms in total. The van der Waals surface area contributed by atoms with Crippen LogP contribution in [0.15, 0.2) is 18.2 Å². The first-order valence-electron chi connectivity index (χ1n) is 13.2. The first-order valence-corrected chi connectivity index (χ1v) is 13.2. The zero-order chi connectivity index (χ0) is 23.9. The highest BCUT2D eigenvalue weighted by Gasteiger charge is 2.49. The first-order chi connectivity index (χ1) is 16.3. The summed E-state index contributed by atoms with van der Waals surface area (Å²) in [5.41, 5.74) is 1.80. The van der Waals surface area contributed by atoms with Gasteiger partial charge in [-0.05, 0) is 95.6 Å². The number of nitrogens with zero attached hydrogens (tertiary/aromatic N) is 2. The smallest absolute Gasteiger partial charge is 0.407 e. The van der Waals surface area contributed by atoms with Crippen LogP contribution in [0.3, 0.4) is 0 Å². The van der Waals surface area contributed by atoms with E-state index in [0.29, 0.717) is 12.6 Å². The molecule has 3 fully saturated rings. The van der Waals surface area contributed by atoms with Crippen LogP contribution in [0.2, 0.25) is 0 Å². The van der Waals surface area contributed by atoms with Crippen molar-refractivity contribution in [2.75, 3.05) is 24.5 Å². The standard InChI is InChI=1S/C27H38FN3O3/c1-18(2)34-26(33)29-21-5-3-4-6-22(16-21)30-13-11-27(12-14-30)17-31(25(32)19-7-8-19)24-10-9-20(28)15-23(24)27/h9-10,15,18-19,21-22H,3-8,11-14,16-17H2,1-2H3,(H,29,33). The number of alkyl carbamates (subject to hydrolysis) is 1. The molecule has 2 heterocycles. The number of fused-ring (bicyclic) bond motifs is 2. The molecule has 1 N–H and O–H groups in total. The van der Waals surface area contributed by atoms with Gasteiger partial charge in [0.25, 0.3) is 0 Å². The molecule has 0 radical (unpaired) electrons. The van der Waals surface area contributed by atoms with Crippen LogP contribution in [0, 0.1) is 11.7 Å². The Balaban J connectivity index is 1.26. The Bertz CT molecular complexity index is 924. The maximum absolute atomic E-state index is 14.3. The van der Waals surface area contributed by atoms with Crippen molar-refractivity contribution in [1.29, 1.82) is 0 Å². The lowest BCUT2D eigenvalue weighted by molar-refractivity contribution is -0.119. The van der Waals surface area contributed by atoms with Gasteiger partial charge < -0.3 is 19.9 Å². The van der Waals surface area contributed by atoms with E-state index < -0.39 is 0 Å². The van der Waals surface area contributed by atoms with Gasteiger partial charge in [0.2, 0.25) is 5.91 Å². The second-order valence-corrected chi connectivity index (χ2v) is 11.1. The summed E-state index contributed by atoms with van der Waals surface area (Å²) in [6.07, 6.45) is 8.75. The average Bonchev–Trinajstić information content (AvgIpc) is 3.62.